The van der Waals surface area contributed by atoms with Gasteiger partial charge in [0.05, 0.1) is 52.6 Å². The number of hydrogen-bond acceptors (Lipinski definition) is 6. The highest BCUT2D eigenvalue weighted by atomic mass is 19.4. The van der Waals surface area contributed by atoms with Crippen LogP contribution in [0, 0.1) is 20.8 Å². The van der Waals surface area contributed by atoms with Crippen LogP contribution >= 0.6 is 0 Å². The van der Waals surface area contributed by atoms with E-state index in [0.29, 0.717) is 11.3 Å². The normalized spacial score (nSPS) is 13.1. The summed E-state index contributed by atoms with van der Waals surface area (Å²) in [6.45, 7) is 13.9. The molecule has 7 aromatic rings. The molecule has 15 heteroatoms. The second kappa shape index (κ2) is 22.1. The summed E-state index contributed by atoms with van der Waals surface area (Å²) in [5, 5.41) is 7.37. The average Bonchev–Trinajstić information content (AvgIpc) is 3.32. The maximum Gasteiger partial charge on any atom is 0.433 e. The van der Waals surface area contributed by atoms with Crippen molar-refractivity contribution in [1.29, 1.82) is 0 Å². The van der Waals surface area contributed by atoms with Crippen LogP contribution in [0.3, 0.4) is 0 Å². The Kier molecular flexibility index (Phi) is 16.9. The smallest absolute Gasteiger partial charge is 0.373 e. The van der Waals surface area contributed by atoms with Gasteiger partial charge in [0, 0.05) is 17.8 Å². The number of halogens is 9. The number of anilines is 2. The Labute approximate surface area is 384 Å². The molecule has 0 spiro atoms. The van der Waals surface area contributed by atoms with Crippen LogP contribution in [0.4, 0.5) is 56.6 Å². The molecule has 2 N–H and O–H groups in total. The first-order valence-electron chi connectivity index (χ1n) is 21.7. The number of aryl methyl sites for hydroxylation is 4. The summed E-state index contributed by atoms with van der Waals surface area (Å²) in [6.07, 6.45) is -5.78. The largest absolute Gasteiger partial charge is 0.433 e. The van der Waals surface area contributed by atoms with Crippen LogP contribution in [0.25, 0.3) is 10.9 Å². The van der Waals surface area contributed by atoms with Crippen molar-refractivity contribution < 1.29 is 39.5 Å². The third-order valence-corrected chi connectivity index (χ3v) is 10.8. The molecular weight excluding hydrogens is 880 g/mol. The summed E-state index contributed by atoms with van der Waals surface area (Å²) in [5.74, 6) is 0. The Bertz CT molecular complexity index is 2730. The van der Waals surface area contributed by atoms with Gasteiger partial charge in [0.1, 0.15) is 11.4 Å². The highest BCUT2D eigenvalue weighted by molar-refractivity contribution is 5.83. The van der Waals surface area contributed by atoms with Crippen LogP contribution in [0.2, 0.25) is 0 Å². The number of benzene rings is 4. The average molecular weight is 931 g/mol. The van der Waals surface area contributed by atoms with Crippen LogP contribution in [-0.4, -0.2) is 21.2 Å². The van der Waals surface area contributed by atoms with Crippen LogP contribution in [0.15, 0.2) is 133 Å². The zero-order valence-electron chi connectivity index (χ0n) is 38.0. The van der Waals surface area contributed by atoms with Gasteiger partial charge >= 0.3 is 18.5 Å². The molecule has 2 atom stereocenters. The summed E-state index contributed by atoms with van der Waals surface area (Å²) in [7, 11) is 0. The molecule has 0 aliphatic carbocycles. The topological polar surface area (TPSA) is 75.1 Å². The van der Waals surface area contributed by atoms with Crippen molar-refractivity contribution in [3.63, 3.8) is 0 Å². The van der Waals surface area contributed by atoms with Gasteiger partial charge in [-0.3, -0.25) is 9.98 Å². The van der Waals surface area contributed by atoms with E-state index in [2.05, 4.69) is 67.8 Å². The first-order valence-corrected chi connectivity index (χ1v) is 21.7. The van der Waals surface area contributed by atoms with Gasteiger partial charge in [-0.05, 0) is 127 Å². The van der Waals surface area contributed by atoms with Crippen molar-refractivity contribution in [2.75, 3.05) is 10.6 Å². The van der Waals surface area contributed by atoms with E-state index in [9.17, 15) is 39.5 Å². The van der Waals surface area contributed by atoms with Crippen LogP contribution in [0.5, 0.6) is 0 Å². The summed E-state index contributed by atoms with van der Waals surface area (Å²) >= 11 is 0. The second-order valence-corrected chi connectivity index (χ2v) is 15.1. The molecule has 0 fully saturated rings. The molecule has 0 saturated heterocycles. The van der Waals surface area contributed by atoms with E-state index < -0.39 is 41.5 Å². The predicted molar refractivity (Wildman–Crippen MR) is 249 cm³/mol. The van der Waals surface area contributed by atoms with Crippen molar-refractivity contribution in [3.05, 3.63) is 189 Å². The number of rotatable bonds is 8. The SMILES string of the molecule is CC.CC.Cc1c(C(Nc2ccc(C(F)(F)F)nc2)c2ccc(C(F)(F)F)cc2)ccc2cccnc12.Cc1ccc(C(Nc2ccc(C(F)(F)F)nc2)c2ccc3c(c2)N=CCC3)cc1C. The number of aromatic nitrogens is 3. The number of fused-ring (bicyclic) bond motifs is 2. The summed E-state index contributed by atoms with van der Waals surface area (Å²) in [4.78, 5) is 16.0. The van der Waals surface area contributed by atoms with Gasteiger partial charge in [0.15, 0.2) is 0 Å². The summed E-state index contributed by atoms with van der Waals surface area (Å²) in [6, 6.07) is 28.0. The minimum Gasteiger partial charge on any atom is -0.373 e. The van der Waals surface area contributed by atoms with Gasteiger partial charge in [-0.1, -0.05) is 88.4 Å². The molecule has 0 saturated carbocycles. The molecule has 67 heavy (non-hydrogen) atoms. The number of nitrogens with zero attached hydrogens (tertiary/aromatic N) is 4. The van der Waals surface area contributed by atoms with Crippen molar-refractivity contribution in [1.82, 2.24) is 15.0 Å². The molecule has 6 nitrogen and oxygen atoms in total. The van der Waals surface area contributed by atoms with E-state index in [-0.39, 0.29) is 11.7 Å². The van der Waals surface area contributed by atoms with E-state index in [1.807, 2.05) is 72.0 Å². The zero-order valence-corrected chi connectivity index (χ0v) is 38.0. The van der Waals surface area contributed by atoms with Crippen LogP contribution < -0.4 is 10.6 Å². The van der Waals surface area contributed by atoms with E-state index in [1.165, 1.54) is 41.6 Å². The number of hydrogen-bond donors (Lipinski definition) is 2. The highest BCUT2D eigenvalue weighted by Gasteiger charge is 2.34. The minimum atomic E-state index is -4.58. The Hall–Kier alpha value is -6.77. The first kappa shape index (κ1) is 51.2. The van der Waals surface area contributed by atoms with Crippen LogP contribution in [0.1, 0.15) is 108 Å². The van der Waals surface area contributed by atoms with E-state index in [1.54, 1.807) is 12.3 Å². The maximum absolute atomic E-state index is 13.0. The zero-order chi connectivity index (χ0) is 49.1. The fourth-order valence-corrected chi connectivity index (χ4v) is 7.23. The molecule has 0 bridgehead atoms. The quantitative estimate of drug-likeness (QED) is 0.149. The first-order chi connectivity index (χ1) is 31.8. The third kappa shape index (κ3) is 13.0. The van der Waals surface area contributed by atoms with Gasteiger partial charge in [-0.25, -0.2) is 9.97 Å². The van der Waals surface area contributed by atoms with Gasteiger partial charge < -0.3 is 10.6 Å². The molecule has 4 aromatic carbocycles. The van der Waals surface area contributed by atoms with Crippen molar-refractivity contribution >= 4 is 34.2 Å². The molecule has 0 amide bonds. The lowest BCUT2D eigenvalue weighted by Gasteiger charge is -2.24. The Morgan fingerprint density at radius 2 is 1.10 bits per heavy atom. The highest BCUT2D eigenvalue weighted by Crippen LogP contribution is 2.37. The maximum atomic E-state index is 13.0. The Morgan fingerprint density at radius 3 is 1.66 bits per heavy atom. The van der Waals surface area contributed by atoms with Crippen LogP contribution in [-0.2, 0) is 24.9 Å². The van der Waals surface area contributed by atoms with Crippen molar-refractivity contribution in [2.24, 2.45) is 4.99 Å². The van der Waals surface area contributed by atoms with Crippen molar-refractivity contribution in [2.45, 2.75) is 91.9 Å². The predicted octanol–water partition coefficient (Wildman–Crippen LogP) is 15.8. The lowest BCUT2D eigenvalue weighted by atomic mass is 9.92. The number of pyridine rings is 3. The Morgan fingerprint density at radius 1 is 0.537 bits per heavy atom. The molecule has 0 radical (unpaired) electrons. The second-order valence-electron chi connectivity index (χ2n) is 15.1. The lowest BCUT2D eigenvalue weighted by molar-refractivity contribution is -0.141. The minimum absolute atomic E-state index is 0.245. The Balaban J connectivity index is 0.000000234. The number of nitrogens with one attached hydrogen (secondary N) is 2. The van der Waals surface area contributed by atoms with Crippen molar-refractivity contribution in [3.8, 4) is 0 Å². The molecule has 2 unspecified atom stereocenters. The fourth-order valence-electron chi connectivity index (χ4n) is 7.23. The molecule has 1 aliphatic heterocycles. The van der Waals surface area contributed by atoms with Gasteiger partial charge in [0.2, 0.25) is 0 Å². The molecule has 352 valence electrons. The van der Waals surface area contributed by atoms with Gasteiger partial charge in [0.25, 0.3) is 0 Å². The summed E-state index contributed by atoms with van der Waals surface area (Å²) in [5.41, 5.74) is 7.32. The summed E-state index contributed by atoms with van der Waals surface area (Å²) < 4.78 is 116. The monoisotopic (exact) mass is 930 g/mol. The number of alkyl halides is 9. The van der Waals surface area contributed by atoms with E-state index >= 15 is 0 Å². The molecule has 1 aliphatic rings. The molecule has 8 rings (SSSR count). The number of aliphatic imine (C=N–C) groups is 1. The fraction of sp³-hybridized carbons (Fsp3) is 0.269. The van der Waals surface area contributed by atoms with Gasteiger partial charge in [-0.2, -0.15) is 39.5 Å². The third-order valence-electron chi connectivity index (χ3n) is 10.8. The molecule has 4 heterocycles. The standard InChI is InChI=1S/C24H17F6N3.C24H22F3N3.2C2H6/c1-14-19(10-6-15-3-2-12-31-21(14)15)22(16-4-7-17(8-5-16)23(25,26)27)33-18-9-11-20(32-13-18)24(28,29)30;1-15-5-6-18(12-16(15)2)23(19-8-7-17-4-3-11-28-21(17)13-19)30-20-9-10-22(29-14-20)24(25,26)27;2*1-2/h2-13,22,33H,1H3;5-14,23,30H,3-4H2,1-2H3;2*1-2H3. The van der Waals surface area contributed by atoms with E-state index in [4.69, 9.17) is 0 Å². The van der Waals surface area contributed by atoms with E-state index in [0.717, 1.165) is 87.7 Å². The molecule has 3 aromatic heterocycles. The van der Waals surface area contributed by atoms with Gasteiger partial charge in [-0.15, -0.1) is 0 Å². The molecular formula is C52H51F9N6. The lowest BCUT2D eigenvalue weighted by Crippen LogP contribution is -2.15.